The van der Waals surface area contributed by atoms with Crippen LogP contribution in [-0.4, -0.2) is 50.2 Å². The zero-order chi connectivity index (χ0) is 18.6. The van der Waals surface area contributed by atoms with Gasteiger partial charge >= 0.3 is 0 Å². The molecule has 0 atom stereocenters. The first-order valence-corrected chi connectivity index (χ1v) is 9.45. The highest BCUT2D eigenvalue weighted by Crippen LogP contribution is 2.34. The minimum Gasteiger partial charge on any atom is -0.486 e. The highest BCUT2D eigenvalue weighted by molar-refractivity contribution is 6.08. The number of ether oxygens (including phenoxy) is 2. The Bertz CT molecular complexity index is 816. The molecular formula is C21H25N3O3. The van der Waals surface area contributed by atoms with Crippen LogP contribution in [0, 0.1) is 0 Å². The second-order valence-corrected chi connectivity index (χ2v) is 7.05. The van der Waals surface area contributed by atoms with Crippen molar-refractivity contribution in [1.82, 2.24) is 4.90 Å². The van der Waals surface area contributed by atoms with Crippen molar-refractivity contribution in [3.8, 4) is 11.5 Å². The lowest BCUT2D eigenvalue weighted by atomic mass is 10.0. The fraction of sp³-hybridized carbons (Fsp3) is 0.381. The van der Waals surface area contributed by atoms with Gasteiger partial charge in [0.05, 0.1) is 16.9 Å². The zero-order valence-electron chi connectivity index (χ0n) is 15.5. The number of likely N-dealkylation sites (tertiary alicyclic amines) is 1. The number of carbonyl (C=O) groups excluding carboxylic acids is 1. The van der Waals surface area contributed by atoms with Crippen LogP contribution in [0.4, 0.5) is 11.4 Å². The van der Waals surface area contributed by atoms with Crippen LogP contribution in [0.5, 0.6) is 11.5 Å². The first-order chi connectivity index (χ1) is 13.2. The van der Waals surface area contributed by atoms with Gasteiger partial charge < -0.3 is 25.0 Å². The van der Waals surface area contributed by atoms with Crippen LogP contribution in [-0.2, 0) is 0 Å². The summed E-state index contributed by atoms with van der Waals surface area (Å²) < 4.78 is 11.2. The number of rotatable bonds is 4. The maximum absolute atomic E-state index is 12.9. The lowest BCUT2D eigenvalue weighted by molar-refractivity contribution is 0.101. The molecule has 0 bridgehead atoms. The number of carbonyl (C=O) groups is 1. The lowest BCUT2D eigenvalue weighted by Crippen LogP contribution is -2.36. The Labute approximate surface area is 159 Å². The van der Waals surface area contributed by atoms with Crippen LogP contribution in [0.25, 0.3) is 0 Å². The standard InChI is InChI=1S/C21H25N3O3/c1-24-11-9-15(10-12-24)22-17-6-2-3-7-18(17)23-21(25)16-5-4-8-19-20(16)27-14-13-26-19/h2-8,15,22H,9-14H2,1H3,(H,23,25). The average molecular weight is 367 g/mol. The van der Waals surface area contributed by atoms with Crippen molar-refractivity contribution in [3.63, 3.8) is 0 Å². The Kier molecular flexibility index (Phi) is 5.16. The predicted molar refractivity (Wildman–Crippen MR) is 106 cm³/mol. The van der Waals surface area contributed by atoms with Crippen LogP contribution in [0.2, 0.25) is 0 Å². The van der Waals surface area contributed by atoms with E-state index in [0.29, 0.717) is 36.3 Å². The molecule has 0 aliphatic carbocycles. The van der Waals surface area contributed by atoms with Gasteiger partial charge in [0.1, 0.15) is 13.2 Å². The highest BCUT2D eigenvalue weighted by atomic mass is 16.6. The molecule has 2 heterocycles. The minimum atomic E-state index is -0.199. The Balaban J connectivity index is 1.51. The van der Waals surface area contributed by atoms with Gasteiger partial charge in [-0.3, -0.25) is 4.79 Å². The van der Waals surface area contributed by atoms with Gasteiger partial charge in [-0.1, -0.05) is 18.2 Å². The normalized spacial score (nSPS) is 17.4. The largest absolute Gasteiger partial charge is 0.486 e. The number of nitrogens with one attached hydrogen (secondary N) is 2. The number of nitrogens with zero attached hydrogens (tertiary/aromatic N) is 1. The molecule has 0 saturated carbocycles. The molecule has 0 unspecified atom stereocenters. The zero-order valence-corrected chi connectivity index (χ0v) is 15.5. The maximum Gasteiger partial charge on any atom is 0.259 e. The Hall–Kier alpha value is -2.73. The number of benzene rings is 2. The first-order valence-electron chi connectivity index (χ1n) is 9.45. The molecule has 1 fully saturated rings. The van der Waals surface area contributed by atoms with Gasteiger partial charge in [0.15, 0.2) is 11.5 Å². The number of hydrogen-bond donors (Lipinski definition) is 2. The SMILES string of the molecule is CN1CCC(Nc2ccccc2NC(=O)c2cccc3c2OCCO3)CC1. The van der Waals surface area contributed by atoms with E-state index in [1.807, 2.05) is 36.4 Å². The summed E-state index contributed by atoms with van der Waals surface area (Å²) in [5, 5.41) is 6.62. The van der Waals surface area contributed by atoms with Gasteiger partial charge in [0.25, 0.3) is 5.91 Å². The van der Waals surface area contributed by atoms with Crippen molar-refractivity contribution < 1.29 is 14.3 Å². The molecule has 6 nitrogen and oxygen atoms in total. The monoisotopic (exact) mass is 367 g/mol. The topological polar surface area (TPSA) is 62.8 Å². The van der Waals surface area contributed by atoms with Crippen LogP contribution in [0.15, 0.2) is 42.5 Å². The van der Waals surface area contributed by atoms with Crippen molar-refractivity contribution in [2.75, 3.05) is 44.0 Å². The number of fused-ring (bicyclic) bond motifs is 1. The van der Waals surface area contributed by atoms with Crippen LogP contribution in [0.1, 0.15) is 23.2 Å². The molecule has 2 aromatic carbocycles. The third-order valence-electron chi connectivity index (χ3n) is 5.06. The van der Waals surface area contributed by atoms with Crippen LogP contribution in [0.3, 0.4) is 0 Å². The molecule has 6 heteroatoms. The van der Waals surface area contributed by atoms with Gasteiger partial charge in [-0.2, -0.15) is 0 Å². The second-order valence-electron chi connectivity index (χ2n) is 7.05. The summed E-state index contributed by atoms with van der Waals surface area (Å²) in [6, 6.07) is 13.6. The van der Waals surface area contributed by atoms with E-state index in [1.54, 1.807) is 6.07 Å². The van der Waals surface area contributed by atoms with E-state index in [0.717, 1.165) is 37.3 Å². The third kappa shape index (κ3) is 4.01. The molecule has 27 heavy (non-hydrogen) atoms. The molecule has 1 amide bonds. The minimum absolute atomic E-state index is 0.199. The number of amides is 1. The van der Waals surface area contributed by atoms with Crippen molar-refractivity contribution in [2.24, 2.45) is 0 Å². The average Bonchev–Trinajstić information content (AvgIpc) is 2.70. The van der Waals surface area contributed by atoms with Crippen molar-refractivity contribution in [1.29, 1.82) is 0 Å². The van der Waals surface area contributed by atoms with E-state index in [4.69, 9.17) is 9.47 Å². The summed E-state index contributed by atoms with van der Waals surface area (Å²) >= 11 is 0. The summed E-state index contributed by atoms with van der Waals surface area (Å²) in [5.41, 5.74) is 2.21. The summed E-state index contributed by atoms with van der Waals surface area (Å²) in [6.45, 7) is 3.12. The second kappa shape index (κ2) is 7.88. The molecule has 0 spiro atoms. The molecule has 142 valence electrons. The van der Waals surface area contributed by atoms with Gasteiger partial charge in [0.2, 0.25) is 0 Å². The quantitative estimate of drug-likeness (QED) is 0.869. The summed E-state index contributed by atoms with van der Waals surface area (Å²) in [6.07, 6.45) is 2.19. The van der Waals surface area contributed by atoms with E-state index < -0.39 is 0 Å². The number of piperidine rings is 1. The van der Waals surface area contributed by atoms with E-state index in [9.17, 15) is 4.79 Å². The molecule has 2 aliphatic rings. The number of para-hydroxylation sites is 3. The molecule has 1 saturated heterocycles. The highest BCUT2D eigenvalue weighted by Gasteiger charge is 2.22. The lowest BCUT2D eigenvalue weighted by Gasteiger charge is -2.30. The Morgan fingerprint density at radius 3 is 2.56 bits per heavy atom. The summed E-state index contributed by atoms with van der Waals surface area (Å²) in [5.74, 6) is 0.934. The molecule has 2 aromatic rings. The summed E-state index contributed by atoms with van der Waals surface area (Å²) in [7, 11) is 2.15. The molecule has 0 aromatic heterocycles. The van der Waals surface area contributed by atoms with E-state index in [-0.39, 0.29) is 5.91 Å². The fourth-order valence-corrected chi connectivity index (χ4v) is 3.53. The van der Waals surface area contributed by atoms with Gasteiger partial charge in [-0.05, 0) is 57.2 Å². The first kappa shape index (κ1) is 17.7. The number of hydrogen-bond acceptors (Lipinski definition) is 5. The van der Waals surface area contributed by atoms with E-state index in [1.165, 1.54) is 0 Å². The van der Waals surface area contributed by atoms with Gasteiger partial charge in [0, 0.05) is 6.04 Å². The number of anilines is 2. The van der Waals surface area contributed by atoms with Crippen LogP contribution >= 0.6 is 0 Å². The summed E-state index contributed by atoms with van der Waals surface area (Å²) in [4.78, 5) is 15.2. The van der Waals surface area contributed by atoms with Gasteiger partial charge in [-0.25, -0.2) is 0 Å². The van der Waals surface area contributed by atoms with Crippen molar-refractivity contribution in [3.05, 3.63) is 48.0 Å². The molecule has 0 radical (unpaired) electrons. The van der Waals surface area contributed by atoms with Gasteiger partial charge in [-0.15, -0.1) is 0 Å². The molecule has 4 rings (SSSR count). The van der Waals surface area contributed by atoms with E-state index in [2.05, 4.69) is 22.6 Å². The van der Waals surface area contributed by atoms with E-state index >= 15 is 0 Å². The smallest absolute Gasteiger partial charge is 0.259 e. The Morgan fingerprint density at radius 1 is 1.00 bits per heavy atom. The van der Waals surface area contributed by atoms with Crippen molar-refractivity contribution in [2.45, 2.75) is 18.9 Å². The molecule has 2 aliphatic heterocycles. The predicted octanol–water partition coefficient (Wildman–Crippen LogP) is 3.22. The fourth-order valence-electron chi connectivity index (χ4n) is 3.53. The maximum atomic E-state index is 12.9. The molecule has 2 N–H and O–H groups in total. The Morgan fingerprint density at radius 2 is 1.74 bits per heavy atom. The van der Waals surface area contributed by atoms with Crippen LogP contribution < -0.4 is 20.1 Å². The molecular weight excluding hydrogens is 342 g/mol. The third-order valence-corrected chi connectivity index (χ3v) is 5.06. The van der Waals surface area contributed by atoms with Crippen molar-refractivity contribution >= 4 is 17.3 Å².